The molecule has 0 amide bonds. The number of nitrogens with zero attached hydrogens (tertiary/aromatic N) is 8. The number of halogens is 1. The maximum Gasteiger partial charge on any atom is 0.494 e. The fourth-order valence-corrected chi connectivity index (χ4v) is 20.5. The molecule has 1 saturated heterocycles. The number of aromatic nitrogens is 8. The molecule has 0 atom stereocenters. The van der Waals surface area contributed by atoms with Crippen LogP contribution < -0.4 is 5.46 Å². The summed E-state index contributed by atoms with van der Waals surface area (Å²) in [6, 6.07) is 130. The summed E-state index contributed by atoms with van der Waals surface area (Å²) in [5.74, 6) is 3.10. The molecular formula is C114H84BClN8O2. The van der Waals surface area contributed by atoms with Crippen LogP contribution in [-0.2, 0) is 20.1 Å². The van der Waals surface area contributed by atoms with Crippen molar-refractivity contribution in [2.45, 2.75) is 77.4 Å². The molecule has 0 saturated carbocycles. The number of benzene rings is 18. The highest BCUT2D eigenvalue weighted by molar-refractivity contribution is 6.62. The van der Waals surface area contributed by atoms with Gasteiger partial charge in [0.1, 0.15) is 0 Å². The van der Waals surface area contributed by atoms with Crippen molar-refractivity contribution in [3.05, 3.63) is 392 Å². The van der Waals surface area contributed by atoms with Gasteiger partial charge in [-0.25, -0.2) is 19.9 Å². The van der Waals surface area contributed by atoms with Gasteiger partial charge in [-0.1, -0.05) is 331 Å². The Morgan fingerprint density at radius 3 is 0.913 bits per heavy atom. The van der Waals surface area contributed by atoms with Crippen LogP contribution in [0.15, 0.2) is 364 Å². The Bertz CT molecular complexity index is 8120. The SMILES string of the molecule is CC1(C)c2cc3c4ccccc4c4ccccc4c3cc2-c2ccc3c4ccccc4n(-c4cccc(-c5nc(-c6ccccc6)nc(-c6ccccc6)n5)c4)c3c21.CC1(C)c2cc3c4ccccc4c4ccccc4c3cc2-c2ccc3c4ccccc4n(-c4cccc(B5OC(C)(C)C(C)(C)O5)c4)c3c21.Clc1nc(-c2ccccc2)nc(-c2ccccc2)n1. The molecule has 5 heterocycles. The molecule has 10 nitrogen and oxygen atoms in total. The van der Waals surface area contributed by atoms with Crippen molar-refractivity contribution >= 4 is 132 Å². The topological polar surface area (TPSA) is 106 Å². The van der Waals surface area contributed by atoms with Gasteiger partial charge in [0, 0.05) is 71.6 Å². The molecule has 25 rings (SSSR count). The first-order valence-corrected chi connectivity index (χ1v) is 43.6. The van der Waals surface area contributed by atoms with Gasteiger partial charge in [-0.3, -0.25) is 0 Å². The summed E-state index contributed by atoms with van der Waals surface area (Å²) in [4.78, 5) is 28.0. The van der Waals surface area contributed by atoms with Crippen LogP contribution in [0, 0.1) is 0 Å². The second kappa shape index (κ2) is 29.3. The maximum atomic E-state index is 6.51. The molecule has 1 aliphatic heterocycles. The lowest BCUT2D eigenvalue weighted by Gasteiger charge is -2.32. The number of para-hydroxylation sites is 2. The van der Waals surface area contributed by atoms with E-state index in [-0.39, 0.29) is 16.1 Å². The zero-order valence-corrected chi connectivity index (χ0v) is 71.7. The molecule has 0 bridgehead atoms. The predicted octanol–water partition coefficient (Wildman–Crippen LogP) is 28.4. The van der Waals surface area contributed by atoms with Crippen molar-refractivity contribution in [3.8, 4) is 90.6 Å². The van der Waals surface area contributed by atoms with Crippen molar-refractivity contribution in [1.29, 1.82) is 0 Å². The van der Waals surface area contributed by atoms with Gasteiger partial charge in [0.25, 0.3) is 0 Å². The number of hydrogen-bond acceptors (Lipinski definition) is 8. The largest absolute Gasteiger partial charge is 0.494 e. The molecule has 1 fully saturated rings. The monoisotopic (exact) mass is 1640 g/mol. The molecule has 4 aromatic heterocycles. The second-order valence-corrected chi connectivity index (χ2v) is 35.9. The third kappa shape index (κ3) is 12.2. The molecule has 0 spiro atoms. The summed E-state index contributed by atoms with van der Waals surface area (Å²) in [6.07, 6.45) is 0. The standard InChI is InChI=1S/C54H36N4.C45H38BNO2.C15H10ClN3/c1-54(2)47-32-45-40-25-12-10-23-38(40)37-22-9-11-24-39(37)44(45)31-46(47)42-28-29-43-41-26-13-14-27-48(41)58(50(43)49(42)54)36-21-15-20-35(30-36)53-56-51(33-16-5-3-6-17-33)55-52(57-53)34-18-7-4-8-19-34;1-43(2)39-26-37-32-19-10-8-17-30(32)29-16-7-9-18-31(29)36(37)25-38(39)34-22-23-35-33-20-11-12-21-40(33)47(42(35)41(34)43)28-15-13-14-27(24-28)46-48-44(3,4)45(5,6)49-46;16-15-18-13(11-7-3-1-4-8-11)17-14(19-15)12-9-5-2-6-10-12/h3-32H,1-2H3;7-26H,1-6H3;1-10H. The zero-order valence-electron chi connectivity index (χ0n) is 71.0. The molecule has 3 aliphatic rings. The summed E-state index contributed by atoms with van der Waals surface area (Å²) in [5.41, 5.74) is 22.2. The fourth-order valence-electron chi connectivity index (χ4n) is 20.3. The molecule has 602 valence electrons. The lowest BCUT2D eigenvalue weighted by Crippen LogP contribution is -2.41. The molecule has 126 heavy (non-hydrogen) atoms. The van der Waals surface area contributed by atoms with E-state index in [1.54, 1.807) is 0 Å². The van der Waals surface area contributed by atoms with Gasteiger partial charge < -0.3 is 18.4 Å². The van der Waals surface area contributed by atoms with Gasteiger partial charge in [-0.2, -0.15) is 9.97 Å². The van der Waals surface area contributed by atoms with E-state index < -0.39 is 18.3 Å². The summed E-state index contributed by atoms with van der Waals surface area (Å²) in [6.45, 7) is 18.1. The van der Waals surface area contributed by atoms with Crippen molar-refractivity contribution in [3.63, 3.8) is 0 Å². The second-order valence-electron chi connectivity index (χ2n) is 35.5. The minimum absolute atomic E-state index is 0.202. The van der Waals surface area contributed by atoms with E-state index in [2.05, 4.69) is 346 Å². The lowest BCUT2D eigenvalue weighted by atomic mass is 9.79. The highest BCUT2D eigenvalue weighted by Gasteiger charge is 2.52. The Morgan fingerprint density at radius 2 is 0.540 bits per heavy atom. The van der Waals surface area contributed by atoms with Crippen LogP contribution in [0.1, 0.15) is 77.6 Å². The maximum absolute atomic E-state index is 6.51. The highest BCUT2D eigenvalue weighted by Crippen LogP contribution is 2.58. The Kier molecular flexibility index (Phi) is 17.7. The summed E-state index contributed by atoms with van der Waals surface area (Å²) in [7, 11) is -0.429. The van der Waals surface area contributed by atoms with E-state index >= 15 is 0 Å². The van der Waals surface area contributed by atoms with E-state index in [0.29, 0.717) is 29.1 Å². The van der Waals surface area contributed by atoms with Gasteiger partial charge in [0.05, 0.1) is 33.3 Å². The average molecular weight is 1640 g/mol. The number of rotatable bonds is 8. The Hall–Kier alpha value is -14.6. The van der Waals surface area contributed by atoms with Crippen LogP contribution in [0.25, 0.3) is 199 Å². The quantitative estimate of drug-likeness (QED) is 0.109. The van der Waals surface area contributed by atoms with Crippen molar-refractivity contribution < 1.29 is 9.31 Å². The molecule has 2 aliphatic carbocycles. The smallest absolute Gasteiger partial charge is 0.399 e. The van der Waals surface area contributed by atoms with Gasteiger partial charge in [0.15, 0.2) is 29.1 Å². The number of fused-ring (bicyclic) bond motifs is 26. The van der Waals surface area contributed by atoms with E-state index in [1.807, 2.05) is 97.1 Å². The lowest BCUT2D eigenvalue weighted by molar-refractivity contribution is 0.00578. The van der Waals surface area contributed by atoms with Gasteiger partial charge >= 0.3 is 7.12 Å². The summed E-state index contributed by atoms with van der Waals surface area (Å²) >= 11 is 5.99. The highest BCUT2D eigenvalue weighted by atomic mass is 35.5. The molecule has 0 N–H and O–H groups in total. The Morgan fingerprint density at radius 1 is 0.246 bits per heavy atom. The van der Waals surface area contributed by atoms with E-state index in [0.717, 1.165) is 44.7 Å². The van der Waals surface area contributed by atoms with Gasteiger partial charge in [0.2, 0.25) is 5.28 Å². The van der Waals surface area contributed by atoms with E-state index in [4.69, 9.17) is 35.9 Å². The van der Waals surface area contributed by atoms with Crippen LogP contribution in [0.5, 0.6) is 0 Å². The summed E-state index contributed by atoms with van der Waals surface area (Å²) < 4.78 is 18.0. The minimum Gasteiger partial charge on any atom is -0.399 e. The fraction of sp³-hybridized carbons (Fsp3) is 0.105. The molecular weight excluding hydrogens is 1560 g/mol. The molecule has 0 radical (unpaired) electrons. The molecule has 0 unspecified atom stereocenters. The van der Waals surface area contributed by atoms with E-state index in [1.165, 1.54) is 153 Å². The van der Waals surface area contributed by atoms with Crippen LogP contribution in [0.3, 0.4) is 0 Å². The van der Waals surface area contributed by atoms with Crippen molar-refractivity contribution in [2.75, 3.05) is 0 Å². The minimum atomic E-state index is -0.429. The third-order valence-corrected chi connectivity index (χ3v) is 27.2. The predicted molar refractivity (Wildman–Crippen MR) is 523 cm³/mol. The van der Waals surface area contributed by atoms with Gasteiger partial charge in [-0.15, -0.1) is 0 Å². The Labute approximate surface area is 735 Å². The van der Waals surface area contributed by atoms with Crippen molar-refractivity contribution in [1.82, 2.24) is 39.0 Å². The van der Waals surface area contributed by atoms with Crippen molar-refractivity contribution in [2.24, 2.45) is 0 Å². The molecule has 18 aromatic carbocycles. The van der Waals surface area contributed by atoms with Crippen LogP contribution in [0.4, 0.5) is 0 Å². The molecule has 22 aromatic rings. The average Bonchev–Trinajstić information content (AvgIpc) is 1.46. The number of hydrogen-bond donors (Lipinski definition) is 0. The third-order valence-electron chi connectivity index (χ3n) is 27.0. The van der Waals surface area contributed by atoms with Crippen LogP contribution in [-0.4, -0.2) is 57.4 Å². The first kappa shape index (κ1) is 76.3. The summed E-state index contributed by atoms with van der Waals surface area (Å²) in [5, 5.41) is 20.9. The van der Waals surface area contributed by atoms with Crippen LogP contribution in [0.2, 0.25) is 5.28 Å². The van der Waals surface area contributed by atoms with Crippen LogP contribution >= 0.6 is 11.6 Å². The van der Waals surface area contributed by atoms with Gasteiger partial charge in [-0.05, 0) is 215 Å². The Balaban J connectivity index is 0.000000121. The first-order chi connectivity index (χ1) is 61.4. The normalized spacial score (nSPS) is 14.4. The molecule has 12 heteroatoms. The first-order valence-electron chi connectivity index (χ1n) is 43.3. The van der Waals surface area contributed by atoms with E-state index in [9.17, 15) is 0 Å². The zero-order chi connectivity index (χ0) is 85.1.